The first-order chi connectivity index (χ1) is 13.5. The van der Waals surface area contributed by atoms with Crippen molar-refractivity contribution < 1.29 is 5.11 Å². The lowest BCUT2D eigenvalue weighted by Crippen LogP contribution is -2.29. The van der Waals surface area contributed by atoms with Gasteiger partial charge in [0.1, 0.15) is 5.52 Å². The topological polar surface area (TPSA) is 90.8 Å². The number of hydrogen-bond acceptors (Lipinski definition) is 5. The predicted molar refractivity (Wildman–Crippen MR) is 106 cm³/mol. The second-order valence-corrected chi connectivity index (χ2v) is 7.63. The zero-order valence-electron chi connectivity index (χ0n) is 15.9. The van der Waals surface area contributed by atoms with Crippen LogP contribution < -0.4 is 5.69 Å². The van der Waals surface area contributed by atoms with E-state index in [0.29, 0.717) is 12.8 Å². The second-order valence-electron chi connectivity index (χ2n) is 7.63. The number of fused-ring (bicyclic) bond motifs is 3. The van der Waals surface area contributed by atoms with Crippen LogP contribution in [0.5, 0.6) is 0 Å². The summed E-state index contributed by atoms with van der Waals surface area (Å²) >= 11 is 0. The fourth-order valence-electron chi connectivity index (χ4n) is 4.26. The zero-order valence-corrected chi connectivity index (χ0v) is 15.9. The number of rotatable bonds is 2. The summed E-state index contributed by atoms with van der Waals surface area (Å²) in [7, 11) is 3.65. The standard InChI is InChI=1S/C20H22N6O2/c1-24-11-12(9-22-24)15-7-8-16-18(23-15)19-17(10-21-16)25(2)20(28)26(19)13-3-5-14(27)6-4-13/h7-11,13-14,27H,3-6H2,1-2H3. The summed E-state index contributed by atoms with van der Waals surface area (Å²) in [5, 5.41) is 14.1. The Morgan fingerprint density at radius 3 is 2.61 bits per heavy atom. The molecule has 0 unspecified atom stereocenters. The summed E-state index contributed by atoms with van der Waals surface area (Å²) in [5.41, 5.74) is 4.75. The number of hydrogen-bond donors (Lipinski definition) is 1. The van der Waals surface area contributed by atoms with Crippen LogP contribution in [0.4, 0.5) is 0 Å². The molecule has 0 saturated heterocycles. The minimum atomic E-state index is -0.268. The Balaban J connectivity index is 1.78. The van der Waals surface area contributed by atoms with Crippen LogP contribution >= 0.6 is 0 Å². The van der Waals surface area contributed by atoms with E-state index in [4.69, 9.17) is 4.98 Å². The molecule has 4 aromatic heterocycles. The molecule has 0 bridgehead atoms. The average Bonchev–Trinajstić information content (AvgIpc) is 3.24. The van der Waals surface area contributed by atoms with Crippen LogP contribution in [0.25, 0.3) is 33.3 Å². The molecule has 1 aliphatic carbocycles. The summed E-state index contributed by atoms with van der Waals surface area (Å²) in [4.78, 5) is 22.5. The molecule has 1 fully saturated rings. The van der Waals surface area contributed by atoms with Gasteiger partial charge in [-0.3, -0.25) is 18.8 Å². The summed E-state index contributed by atoms with van der Waals surface area (Å²) < 4.78 is 5.25. The van der Waals surface area contributed by atoms with Crippen molar-refractivity contribution >= 4 is 22.1 Å². The second kappa shape index (κ2) is 6.27. The maximum Gasteiger partial charge on any atom is 0.329 e. The van der Waals surface area contributed by atoms with E-state index in [2.05, 4.69) is 10.1 Å². The Labute approximate surface area is 161 Å². The molecule has 0 radical (unpaired) electrons. The van der Waals surface area contributed by atoms with Crippen molar-refractivity contribution in [3.63, 3.8) is 0 Å². The molecule has 0 atom stereocenters. The van der Waals surface area contributed by atoms with E-state index in [1.165, 1.54) is 0 Å². The molecule has 1 saturated carbocycles. The van der Waals surface area contributed by atoms with Crippen molar-refractivity contribution in [3.8, 4) is 11.3 Å². The van der Waals surface area contributed by atoms with Gasteiger partial charge in [-0.1, -0.05) is 0 Å². The largest absolute Gasteiger partial charge is 0.393 e. The highest BCUT2D eigenvalue weighted by atomic mass is 16.3. The van der Waals surface area contributed by atoms with Gasteiger partial charge in [0.15, 0.2) is 0 Å². The molecule has 0 amide bonds. The molecule has 0 aliphatic heterocycles. The number of imidazole rings is 1. The Hall–Kier alpha value is -3.00. The predicted octanol–water partition coefficient (Wildman–Crippen LogP) is 2.16. The van der Waals surface area contributed by atoms with Gasteiger partial charge in [0.25, 0.3) is 0 Å². The number of aromatic nitrogens is 6. The number of aliphatic hydroxyl groups is 1. The summed E-state index contributed by atoms with van der Waals surface area (Å²) in [6.45, 7) is 0. The molecule has 8 nitrogen and oxygen atoms in total. The van der Waals surface area contributed by atoms with Gasteiger partial charge in [-0.15, -0.1) is 0 Å². The van der Waals surface area contributed by atoms with Gasteiger partial charge in [0.05, 0.1) is 40.7 Å². The third-order valence-electron chi connectivity index (χ3n) is 5.79. The number of nitrogens with zero attached hydrogens (tertiary/aromatic N) is 6. The maximum atomic E-state index is 13.1. The fourth-order valence-corrected chi connectivity index (χ4v) is 4.26. The average molecular weight is 378 g/mol. The van der Waals surface area contributed by atoms with Crippen molar-refractivity contribution in [2.24, 2.45) is 14.1 Å². The summed E-state index contributed by atoms with van der Waals surface area (Å²) in [6, 6.07) is 3.94. The third-order valence-corrected chi connectivity index (χ3v) is 5.79. The molecule has 28 heavy (non-hydrogen) atoms. The fraction of sp³-hybridized carbons (Fsp3) is 0.400. The van der Waals surface area contributed by atoms with Crippen LogP contribution in [0, 0.1) is 0 Å². The van der Waals surface area contributed by atoms with E-state index in [1.54, 1.807) is 28.7 Å². The van der Waals surface area contributed by atoms with Gasteiger partial charge < -0.3 is 5.11 Å². The number of aryl methyl sites for hydroxylation is 2. The molecule has 5 rings (SSSR count). The van der Waals surface area contributed by atoms with Gasteiger partial charge in [0, 0.05) is 31.9 Å². The number of pyridine rings is 2. The molecular formula is C20H22N6O2. The van der Waals surface area contributed by atoms with Crippen LogP contribution in [0.2, 0.25) is 0 Å². The van der Waals surface area contributed by atoms with Crippen molar-refractivity contribution in [2.45, 2.75) is 37.8 Å². The van der Waals surface area contributed by atoms with E-state index < -0.39 is 0 Å². The first kappa shape index (κ1) is 17.1. The Kier molecular flexibility index (Phi) is 3.83. The van der Waals surface area contributed by atoms with Crippen LogP contribution in [0.15, 0.2) is 35.5 Å². The van der Waals surface area contributed by atoms with Crippen LogP contribution in [0.1, 0.15) is 31.7 Å². The molecule has 1 N–H and O–H groups in total. The molecular weight excluding hydrogens is 356 g/mol. The molecule has 4 heterocycles. The molecule has 0 spiro atoms. The van der Waals surface area contributed by atoms with Crippen molar-refractivity contribution in [1.29, 1.82) is 0 Å². The minimum absolute atomic E-state index is 0.0562. The summed E-state index contributed by atoms with van der Waals surface area (Å²) in [5.74, 6) is 0. The highest BCUT2D eigenvalue weighted by Crippen LogP contribution is 2.32. The van der Waals surface area contributed by atoms with E-state index in [0.717, 1.165) is 46.2 Å². The first-order valence-corrected chi connectivity index (χ1v) is 9.56. The lowest BCUT2D eigenvalue weighted by molar-refractivity contribution is 0.111. The van der Waals surface area contributed by atoms with E-state index in [9.17, 15) is 9.90 Å². The Morgan fingerprint density at radius 2 is 1.89 bits per heavy atom. The van der Waals surface area contributed by atoms with Crippen molar-refractivity contribution in [2.75, 3.05) is 0 Å². The van der Waals surface area contributed by atoms with Gasteiger partial charge in [-0.05, 0) is 37.8 Å². The zero-order chi connectivity index (χ0) is 19.4. The lowest BCUT2D eigenvalue weighted by Gasteiger charge is -2.26. The smallest absolute Gasteiger partial charge is 0.329 e. The monoisotopic (exact) mass is 378 g/mol. The van der Waals surface area contributed by atoms with Crippen LogP contribution in [0.3, 0.4) is 0 Å². The molecule has 4 aromatic rings. The first-order valence-electron chi connectivity index (χ1n) is 9.56. The molecule has 0 aromatic carbocycles. The van der Waals surface area contributed by atoms with Gasteiger partial charge in [0.2, 0.25) is 0 Å². The lowest BCUT2D eigenvalue weighted by atomic mass is 9.93. The Bertz CT molecular complexity index is 1240. The molecule has 144 valence electrons. The van der Waals surface area contributed by atoms with Crippen molar-refractivity contribution in [1.82, 2.24) is 28.9 Å². The third kappa shape index (κ3) is 2.56. The highest BCUT2D eigenvalue weighted by Gasteiger charge is 2.26. The van der Waals surface area contributed by atoms with E-state index >= 15 is 0 Å². The normalized spacial score (nSPS) is 20.2. The minimum Gasteiger partial charge on any atom is -0.393 e. The van der Waals surface area contributed by atoms with Crippen LogP contribution in [-0.4, -0.2) is 40.1 Å². The summed E-state index contributed by atoms with van der Waals surface area (Å²) in [6.07, 6.45) is 8.17. The maximum absolute atomic E-state index is 13.1. The SMILES string of the molecule is Cn1cc(-c2ccc3ncc4c(c3n2)n(C2CCC(O)CC2)c(=O)n4C)cn1. The highest BCUT2D eigenvalue weighted by molar-refractivity contribution is 6.00. The molecule has 1 aliphatic rings. The van der Waals surface area contributed by atoms with E-state index in [-0.39, 0.29) is 17.8 Å². The molecule has 8 heteroatoms. The van der Waals surface area contributed by atoms with Gasteiger partial charge in [-0.25, -0.2) is 9.78 Å². The van der Waals surface area contributed by atoms with Crippen molar-refractivity contribution in [3.05, 3.63) is 41.2 Å². The Morgan fingerprint density at radius 1 is 1.11 bits per heavy atom. The quantitative estimate of drug-likeness (QED) is 0.577. The van der Waals surface area contributed by atoms with Gasteiger partial charge in [-0.2, -0.15) is 5.10 Å². The van der Waals surface area contributed by atoms with E-state index in [1.807, 2.05) is 29.9 Å². The van der Waals surface area contributed by atoms with Crippen LogP contribution in [-0.2, 0) is 14.1 Å². The van der Waals surface area contributed by atoms with Gasteiger partial charge >= 0.3 is 5.69 Å². The number of aliphatic hydroxyl groups excluding tert-OH is 1.